The molecule has 0 aromatic rings. The van der Waals surface area contributed by atoms with E-state index in [9.17, 15) is 4.79 Å². The van der Waals surface area contributed by atoms with Gasteiger partial charge in [0.25, 0.3) is 0 Å². The Bertz CT molecular complexity index is 549. The summed E-state index contributed by atoms with van der Waals surface area (Å²) in [5.74, 6) is 0.787. The number of allylic oxidation sites excluding steroid dienone is 2. The van der Waals surface area contributed by atoms with Gasteiger partial charge in [0.2, 0.25) is 0 Å². The quantitative estimate of drug-likeness (QED) is 0.722. The number of ketones is 1. The van der Waals surface area contributed by atoms with Gasteiger partial charge in [-0.1, -0.05) is 32.4 Å². The molecule has 23 heavy (non-hydrogen) atoms. The van der Waals surface area contributed by atoms with Crippen molar-refractivity contribution in [3.63, 3.8) is 0 Å². The van der Waals surface area contributed by atoms with Crippen LogP contribution in [0.25, 0.3) is 0 Å². The Kier molecular flexibility index (Phi) is 4.31. The van der Waals surface area contributed by atoms with Gasteiger partial charge in [-0.15, -0.1) is 6.58 Å². The van der Waals surface area contributed by atoms with Crippen LogP contribution in [0.15, 0.2) is 23.8 Å². The number of carbonyl (C=O) groups excluding carboxylic acids is 1. The third-order valence-corrected chi connectivity index (χ3v) is 6.75. The van der Waals surface area contributed by atoms with Crippen LogP contribution >= 0.6 is 0 Å². The summed E-state index contributed by atoms with van der Waals surface area (Å²) in [5, 5.41) is 0. The molecular weight excluding hydrogens is 288 g/mol. The molecule has 2 aliphatic carbocycles. The molecule has 3 nitrogen and oxygen atoms in total. The smallest absolute Gasteiger partial charge is 0.159 e. The van der Waals surface area contributed by atoms with Crippen LogP contribution in [0.5, 0.6) is 0 Å². The maximum Gasteiger partial charge on any atom is 0.159 e. The van der Waals surface area contributed by atoms with Crippen molar-refractivity contribution in [3.05, 3.63) is 23.8 Å². The van der Waals surface area contributed by atoms with Crippen LogP contribution in [0.1, 0.15) is 59.3 Å². The number of ether oxygens (including phenoxy) is 2. The highest BCUT2D eigenvalue weighted by atomic mass is 16.7. The van der Waals surface area contributed by atoms with Crippen molar-refractivity contribution < 1.29 is 14.3 Å². The minimum absolute atomic E-state index is 0.00606. The minimum atomic E-state index is -0.219. The van der Waals surface area contributed by atoms with E-state index in [1.807, 2.05) is 6.08 Å². The number of hydrogen-bond donors (Lipinski definition) is 0. The summed E-state index contributed by atoms with van der Waals surface area (Å²) >= 11 is 0. The zero-order valence-corrected chi connectivity index (χ0v) is 15.0. The van der Waals surface area contributed by atoms with Crippen LogP contribution in [0.3, 0.4) is 0 Å². The van der Waals surface area contributed by atoms with Gasteiger partial charge in [0.15, 0.2) is 12.1 Å². The molecular formula is C20H30O3. The molecule has 0 unspecified atom stereocenters. The first-order valence-corrected chi connectivity index (χ1v) is 8.91. The number of Topliss-reactive ketones (excluding diaryl/α,β-unsaturated/α-hetero) is 1. The number of hydrogen-bond acceptors (Lipinski definition) is 3. The van der Waals surface area contributed by atoms with Gasteiger partial charge in [-0.05, 0) is 37.0 Å². The molecule has 3 aliphatic rings. The predicted octanol–water partition coefficient (Wildman–Crippen LogP) is 4.43. The number of methoxy groups -OCH3 is 1. The first-order chi connectivity index (χ1) is 10.8. The van der Waals surface area contributed by atoms with Crippen LogP contribution in [0.4, 0.5) is 0 Å². The molecule has 3 heteroatoms. The van der Waals surface area contributed by atoms with E-state index in [2.05, 4.69) is 27.4 Å². The summed E-state index contributed by atoms with van der Waals surface area (Å²) in [5.41, 5.74) is 2.26. The van der Waals surface area contributed by atoms with Gasteiger partial charge in [-0.25, -0.2) is 0 Å². The Hall–Kier alpha value is -0.930. The van der Waals surface area contributed by atoms with E-state index in [-0.39, 0.29) is 23.2 Å². The van der Waals surface area contributed by atoms with Crippen molar-refractivity contribution in [2.24, 2.45) is 16.7 Å². The average Bonchev–Trinajstić information content (AvgIpc) is 2.92. The predicted molar refractivity (Wildman–Crippen MR) is 91.0 cm³/mol. The summed E-state index contributed by atoms with van der Waals surface area (Å²) in [6.45, 7) is 10.8. The van der Waals surface area contributed by atoms with Gasteiger partial charge in [-0.2, -0.15) is 0 Å². The molecule has 1 aliphatic heterocycles. The van der Waals surface area contributed by atoms with Crippen molar-refractivity contribution in [1.82, 2.24) is 0 Å². The van der Waals surface area contributed by atoms with Crippen LogP contribution < -0.4 is 0 Å². The van der Waals surface area contributed by atoms with E-state index in [0.29, 0.717) is 18.1 Å². The summed E-state index contributed by atoms with van der Waals surface area (Å²) < 4.78 is 11.9. The lowest BCUT2D eigenvalue weighted by Gasteiger charge is -2.52. The Morgan fingerprint density at radius 2 is 2.00 bits per heavy atom. The zero-order valence-electron chi connectivity index (χ0n) is 15.0. The summed E-state index contributed by atoms with van der Waals surface area (Å²) in [6.07, 6.45) is 7.42. The maximum absolute atomic E-state index is 12.6. The van der Waals surface area contributed by atoms with E-state index in [1.54, 1.807) is 7.11 Å². The number of rotatable bonds is 3. The minimum Gasteiger partial charge on any atom is -0.356 e. The SMILES string of the molecule is C=C[C@@]1(C)C[C@H](OC)O[C@@H]([C@]2(C)C3=C(CCC3=O)CC[C@H]2C)C1. The molecule has 0 spiro atoms. The van der Waals surface area contributed by atoms with E-state index >= 15 is 0 Å². The van der Waals surface area contributed by atoms with Crippen molar-refractivity contribution in [2.45, 2.75) is 71.7 Å². The highest BCUT2D eigenvalue weighted by Gasteiger charge is 2.53. The fourth-order valence-corrected chi connectivity index (χ4v) is 4.88. The molecule has 0 aromatic carbocycles. The van der Waals surface area contributed by atoms with E-state index in [0.717, 1.165) is 37.7 Å². The molecule has 0 saturated carbocycles. The first kappa shape index (κ1) is 16.9. The van der Waals surface area contributed by atoms with Gasteiger partial charge in [0.05, 0.1) is 6.10 Å². The topological polar surface area (TPSA) is 35.5 Å². The molecule has 5 atom stereocenters. The second kappa shape index (κ2) is 5.86. The highest BCUT2D eigenvalue weighted by molar-refractivity contribution is 6.00. The molecule has 1 heterocycles. The normalized spacial score (nSPS) is 44.3. The molecule has 128 valence electrons. The molecule has 0 aromatic heterocycles. The van der Waals surface area contributed by atoms with Crippen molar-refractivity contribution in [3.8, 4) is 0 Å². The second-order valence-corrected chi connectivity index (χ2v) is 8.18. The van der Waals surface area contributed by atoms with E-state index in [4.69, 9.17) is 9.47 Å². The highest BCUT2D eigenvalue weighted by Crippen LogP contribution is 2.56. The van der Waals surface area contributed by atoms with E-state index < -0.39 is 0 Å². The maximum atomic E-state index is 12.6. The lowest BCUT2D eigenvalue weighted by Crippen LogP contribution is -2.51. The van der Waals surface area contributed by atoms with Gasteiger partial charge in [-0.3, -0.25) is 4.79 Å². The zero-order chi connectivity index (χ0) is 16.8. The Labute approximate surface area is 140 Å². The fraction of sp³-hybridized carbons (Fsp3) is 0.750. The lowest BCUT2D eigenvalue weighted by molar-refractivity contribution is -0.231. The molecule has 3 rings (SSSR count). The summed E-state index contributed by atoms with van der Waals surface area (Å²) in [7, 11) is 1.70. The van der Waals surface area contributed by atoms with Gasteiger partial charge < -0.3 is 9.47 Å². The Morgan fingerprint density at radius 1 is 1.26 bits per heavy atom. The van der Waals surface area contributed by atoms with E-state index in [1.165, 1.54) is 5.57 Å². The van der Waals surface area contributed by atoms with Crippen molar-refractivity contribution in [1.29, 1.82) is 0 Å². The molecule has 1 saturated heterocycles. The van der Waals surface area contributed by atoms with Gasteiger partial charge in [0.1, 0.15) is 0 Å². The van der Waals surface area contributed by atoms with Crippen molar-refractivity contribution in [2.75, 3.05) is 7.11 Å². The van der Waals surface area contributed by atoms with Crippen LogP contribution in [0.2, 0.25) is 0 Å². The third kappa shape index (κ3) is 2.62. The summed E-state index contributed by atoms with van der Waals surface area (Å²) in [4.78, 5) is 12.6. The van der Waals surface area contributed by atoms with Gasteiger partial charge in [0, 0.05) is 30.9 Å². The van der Waals surface area contributed by atoms with Crippen LogP contribution in [-0.4, -0.2) is 25.3 Å². The molecule has 0 bridgehead atoms. The summed E-state index contributed by atoms with van der Waals surface area (Å²) in [6, 6.07) is 0. The molecule has 0 amide bonds. The van der Waals surface area contributed by atoms with Crippen molar-refractivity contribution >= 4 is 5.78 Å². The van der Waals surface area contributed by atoms with Crippen LogP contribution in [-0.2, 0) is 14.3 Å². The molecule has 0 radical (unpaired) electrons. The molecule has 0 N–H and O–H groups in total. The van der Waals surface area contributed by atoms with Gasteiger partial charge >= 0.3 is 0 Å². The second-order valence-electron chi connectivity index (χ2n) is 8.18. The Balaban J connectivity index is 2.01. The standard InChI is InChI=1S/C20H30O3/c1-6-19(3)11-16(23-17(12-19)22-5)20(4)13(2)7-8-14-9-10-15(21)18(14)20/h6,13,16-17H,1,7-12H2,2-5H3/t13-,16-,17-,19-,20-/m1/s1. The lowest BCUT2D eigenvalue weighted by atomic mass is 9.59. The monoisotopic (exact) mass is 318 g/mol. The Morgan fingerprint density at radius 3 is 2.65 bits per heavy atom. The third-order valence-electron chi connectivity index (χ3n) is 6.75. The molecule has 1 fully saturated rings. The first-order valence-electron chi connectivity index (χ1n) is 8.91. The average molecular weight is 318 g/mol. The largest absolute Gasteiger partial charge is 0.356 e. The van der Waals surface area contributed by atoms with Crippen LogP contribution in [0, 0.1) is 16.7 Å². The number of carbonyl (C=O) groups is 1. The fourth-order valence-electron chi connectivity index (χ4n) is 4.88.